The zero-order valence-corrected chi connectivity index (χ0v) is 14.8. The summed E-state index contributed by atoms with van der Waals surface area (Å²) in [5.41, 5.74) is 1.07. The lowest BCUT2D eigenvalue weighted by atomic mass is 9.69. The van der Waals surface area contributed by atoms with E-state index < -0.39 is 13.9 Å². The van der Waals surface area contributed by atoms with E-state index in [0.29, 0.717) is 16.9 Å². The van der Waals surface area contributed by atoms with Gasteiger partial charge in [-0.3, -0.25) is 4.57 Å². The van der Waals surface area contributed by atoms with Gasteiger partial charge < -0.3 is 18.8 Å². The summed E-state index contributed by atoms with van der Waals surface area (Å²) in [6.45, 7) is 8.77. The fraction of sp³-hybridized carbons (Fsp3) is 0.867. The molecule has 5 nitrogen and oxygen atoms in total. The Morgan fingerprint density at radius 3 is 2.48 bits per heavy atom. The first-order valence-electron chi connectivity index (χ1n) is 7.57. The standard InChI is InChI=1S/C15H30NO4P/c1-11(2)13-8-7-12(3)9-14(13)15(10-16(4,5)6)20-21(17,18)19/h12-15H,1,7-10H2,2-6H3,(H-,17,18,19). The van der Waals surface area contributed by atoms with Crippen LogP contribution < -0.4 is 4.89 Å². The van der Waals surface area contributed by atoms with Gasteiger partial charge in [-0.15, -0.1) is 0 Å². The van der Waals surface area contributed by atoms with Crippen LogP contribution in [0.5, 0.6) is 0 Å². The summed E-state index contributed by atoms with van der Waals surface area (Å²) in [5.74, 6) is 0.872. The summed E-state index contributed by atoms with van der Waals surface area (Å²) in [5, 5.41) is 0. The molecule has 0 bridgehead atoms. The molecule has 21 heavy (non-hydrogen) atoms. The number of hydrogen-bond donors (Lipinski definition) is 1. The zero-order chi connectivity index (χ0) is 16.4. The van der Waals surface area contributed by atoms with Gasteiger partial charge in [-0.2, -0.15) is 0 Å². The number of phosphoric acid groups is 1. The second kappa shape index (κ2) is 6.93. The molecule has 0 heterocycles. The van der Waals surface area contributed by atoms with Crippen molar-refractivity contribution in [2.45, 2.75) is 39.2 Å². The molecule has 1 aliphatic rings. The topological polar surface area (TPSA) is 69.6 Å². The van der Waals surface area contributed by atoms with Crippen molar-refractivity contribution in [3.8, 4) is 0 Å². The number of quaternary nitrogens is 1. The highest BCUT2D eigenvalue weighted by atomic mass is 31.2. The van der Waals surface area contributed by atoms with Crippen LogP contribution in [0.4, 0.5) is 0 Å². The quantitative estimate of drug-likeness (QED) is 0.463. The molecule has 0 saturated heterocycles. The largest absolute Gasteiger partial charge is 0.756 e. The van der Waals surface area contributed by atoms with Gasteiger partial charge in [0.1, 0.15) is 12.6 Å². The van der Waals surface area contributed by atoms with Crippen molar-refractivity contribution in [3.05, 3.63) is 12.2 Å². The van der Waals surface area contributed by atoms with Crippen LogP contribution in [0.3, 0.4) is 0 Å². The molecule has 1 rings (SSSR count). The zero-order valence-electron chi connectivity index (χ0n) is 13.9. The summed E-state index contributed by atoms with van der Waals surface area (Å²) in [6, 6.07) is 0. The highest BCUT2D eigenvalue weighted by Crippen LogP contribution is 2.44. The van der Waals surface area contributed by atoms with E-state index in [4.69, 9.17) is 9.42 Å². The molecule has 1 aliphatic carbocycles. The fourth-order valence-corrected chi connectivity index (χ4v) is 3.97. The van der Waals surface area contributed by atoms with Crippen LogP contribution >= 0.6 is 7.82 Å². The molecule has 1 N–H and O–H groups in total. The van der Waals surface area contributed by atoms with E-state index in [1.807, 2.05) is 28.1 Å². The lowest BCUT2D eigenvalue weighted by Crippen LogP contribution is -2.48. The minimum atomic E-state index is -4.74. The van der Waals surface area contributed by atoms with Crippen LogP contribution in [0.15, 0.2) is 12.2 Å². The number of nitrogens with zero attached hydrogens (tertiary/aromatic N) is 1. The van der Waals surface area contributed by atoms with Crippen LogP contribution in [0.1, 0.15) is 33.1 Å². The second-order valence-corrected chi connectivity index (χ2v) is 8.77. The van der Waals surface area contributed by atoms with E-state index >= 15 is 0 Å². The maximum absolute atomic E-state index is 11.3. The Kier molecular flexibility index (Phi) is 6.22. The van der Waals surface area contributed by atoms with Crippen LogP contribution in [0.2, 0.25) is 0 Å². The van der Waals surface area contributed by atoms with Crippen molar-refractivity contribution in [1.29, 1.82) is 0 Å². The van der Waals surface area contributed by atoms with Crippen molar-refractivity contribution >= 4 is 7.82 Å². The Hall–Kier alpha value is -0.190. The second-order valence-electron chi connectivity index (χ2n) is 7.62. The maximum Gasteiger partial charge on any atom is 0.265 e. The van der Waals surface area contributed by atoms with Crippen molar-refractivity contribution in [3.63, 3.8) is 0 Å². The summed E-state index contributed by atoms with van der Waals surface area (Å²) in [6.07, 6.45) is 2.52. The van der Waals surface area contributed by atoms with Crippen LogP contribution in [0.25, 0.3) is 0 Å². The molecule has 0 aliphatic heterocycles. The van der Waals surface area contributed by atoms with E-state index in [1.54, 1.807) is 0 Å². The van der Waals surface area contributed by atoms with E-state index in [9.17, 15) is 9.46 Å². The van der Waals surface area contributed by atoms with Crippen molar-refractivity contribution < 1.29 is 23.4 Å². The van der Waals surface area contributed by atoms with Gasteiger partial charge in [0.2, 0.25) is 0 Å². The molecule has 1 fully saturated rings. The molecular weight excluding hydrogens is 289 g/mol. The van der Waals surface area contributed by atoms with Crippen molar-refractivity contribution in [1.82, 2.24) is 0 Å². The molecule has 5 atom stereocenters. The lowest BCUT2D eigenvalue weighted by molar-refractivity contribution is -0.873. The molecule has 0 spiro atoms. The first-order valence-corrected chi connectivity index (χ1v) is 9.06. The smallest absolute Gasteiger partial charge is 0.265 e. The third-order valence-corrected chi connectivity index (χ3v) is 4.81. The van der Waals surface area contributed by atoms with Gasteiger partial charge in [0, 0.05) is 0 Å². The summed E-state index contributed by atoms with van der Waals surface area (Å²) in [7, 11) is 1.23. The van der Waals surface area contributed by atoms with Gasteiger partial charge >= 0.3 is 0 Å². The predicted molar refractivity (Wildman–Crippen MR) is 82.4 cm³/mol. The third kappa shape index (κ3) is 6.62. The Bertz CT molecular complexity index is 412. The Balaban J connectivity index is 3.01. The predicted octanol–water partition coefficient (Wildman–Crippen LogP) is 2.17. The Morgan fingerprint density at radius 2 is 2.05 bits per heavy atom. The third-order valence-electron chi connectivity index (χ3n) is 4.27. The summed E-state index contributed by atoms with van der Waals surface area (Å²) in [4.78, 5) is 20.4. The van der Waals surface area contributed by atoms with Crippen LogP contribution in [-0.2, 0) is 9.09 Å². The monoisotopic (exact) mass is 319 g/mol. The molecule has 5 unspecified atom stereocenters. The van der Waals surface area contributed by atoms with Gasteiger partial charge in [-0.05, 0) is 37.5 Å². The number of phosphoric ester groups is 1. The Morgan fingerprint density at radius 1 is 1.48 bits per heavy atom. The minimum absolute atomic E-state index is 0.0815. The molecule has 0 radical (unpaired) electrons. The highest BCUT2D eigenvalue weighted by molar-refractivity contribution is 7.44. The first kappa shape index (κ1) is 18.9. The van der Waals surface area contributed by atoms with Crippen molar-refractivity contribution in [2.75, 3.05) is 27.7 Å². The molecule has 0 amide bonds. The molecule has 0 aromatic rings. The van der Waals surface area contributed by atoms with Gasteiger partial charge in [0.15, 0.2) is 0 Å². The van der Waals surface area contributed by atoms with Crippen molar-refractivity contribution in [2.24, 2.45) is 17.8 Å². The van der Waals surface area contributed by atoms with Gasteiger partial charge in [0.25, 0.3) is 7.82 Å². The number of likely N-dealkylation sites (N-methyl/N-ethyl adjacent to an activating group) is 1. The molecule has 0 aromatic heterocycles. The fourth-order valence-electron chi connectivity index (χ4n) is 3.41. The Labute approximate surface area is 128 Å². The van der Waals surface area contributed by atoms with Gasteiger partial charge in [0.05, 0.1) is 21.1 Å². The minimum Gasteiger partial charge on any atom is -0.756 e. The maximum atomic E-state index is 11.3. The summed E-state index contributed by atoms with van der Waals surface area (Å²) < 4.78 is 16.9. The summed E-state index contributed by atoms with van der Waals surface area (Å²) >= 11 is 0. The highest BCUT2D eigenvalue weighted by Gasteiger charge is 2.39. The molecule has 1 saturated carbocycles. The number of rotatable bonds is 6. The SMILES string of the molecule is C=C(C)C1CCC(C)CC1C(C[N+](C)(C)C)OP(=O)([O-])O. The van der Waals surface area contributed by atoms with E-state index in [0.717, 1.165) is 24.8 Å². The lowest BCUT2D eigenvalue weighted by Gasteiger charge is -2.42. The number of hydrogen-bond acceptors (Lipinski definition) is 3. The molecule has 124 valence electrons. The molecular formula is C15H30NO4P. The van der Waals surface area contributed by atoms with Gasteiger partial charge in [-0.1, -0.05) is 25.5 Å². The number of allylic oxidation sites excluding steroid dienone is 1. The van der Waals surface area contributed by atoms with Crippen LogP contribution in [-0.4, -0.2) is 43.2 Å². The molecule has 0 aromatic carbocycles. The van der Waals surface area contributed by atoms with E-state index in [-0.39, 0.29) is 11.8 Å². The van der Waals surface area contributed by atoms with Crippen LogP contribution in [0, 0.1) is 17.8 Å². The van der Waals surface area contributed by atoms with E-state index in [1.165, 1.54) is 0 Å². The van der Waals surface area contributed by atoms with Gasteiger partial charge in [-0.25, -0.2) is 0 Å². The average Bonchev–Trinajstić information content (AvgIpc) is 2.23. The average molecular weight is 319 g/mol. The first-order chi connectivity index (χ1) is 9.39. The normalized spacial score (nSPS) is 31.5. The molecule has 6 heteroatoms. The van der Waals surface area contributed by atoms with E-state index in [2.05, 4.69) is 13.5 Å².